The minimum Gasteiger partial charge on any atom is -0.478 e. The van der Waals surface area contributed by atoms with Crippen LogP contribution in [-0.2, 0) is 0 Å². The summed E-state index contributed by atoms with van der Waals surface area (Å²) < 4.78 is 2.01. The van der Waals surface area contributed by atoms with E-state index < -0.39 is 5.97 Å². The predicted octanol–water partition coefficient (Wildman–Crippen LogP) is 1.91. The molecule has 0 amide bonds. The van der Waals surface area contributed by atoms with E-state index >= 15 is 0 Å². The van der Waals surface area contributed by atoms with Crippen molar-refractivity contribution in [3.05, 3.63) is 24.0 Å². The summed E-state index contributed by atoms with van der Waals surface area (Å²) >= 11 is 0. The van der Waals surface area contributed by atoms with Gasteiger partial charge in [0, 0.05) is 18.4 Å². The highest BCUT2D eigenvalue weighted by atomic mass is 16.4. The Hall–Kier alpha value is -1.25. The Kier molecular flexibility index (Phi) is 1.64. The zero-order chi connectivity index (χ0) is 8.55. The molecule has 2 rings (SSSR count). The molecular formula is C9H11NO2. The van der Waals surface area contributed by atoms with E-state index in [9.17, 15) is 4.79 Å². The molecule has 0 radical (unpaired) electrons. The van der Waals surface area contributed by atoms with Gasteiger partial charge in [0.2, 0.25) is 0 Å². The first kappa shape index (κ1) is 7.40. The summed E-state index contributed by atoms with van der Waals surface area (Å²) in [5, 5.41) is 8.66. The Morgan fingerprint density at radius 3 is 2.75 bits per heavy atom. The van der Waals surface area contributed by atoms with E-state index in [0.717, 1.165) is 0 Å². The van der Waals surface area contributed by atoms with E-state index in [2.05, 4.69) is 0 Å². The van der Waals surface area contributed by atoms with Crippen molar-refractivity contribution in [3.8, 4) is 0 Å². The van der Waals surface area contributed by atoms with Gasteiger partial charge in [-0.05, 0) is 25.3 Å². The van der Waals surface area contributed by atoms with Gasteiger partial charge in [-0.1, -0.05) is 0 Å². The molecule has 1 N–H and O–H groups in total. The molecule has 0 aliphatic heterocycles. The third-order valence-corrected chi connectivity index (χ3v) is 2.46. The first-order chi connectivity index (χ1) is 5.77. The molecule has 3 nitrogen and oxygen atoms in total. The van der Waals surface area contributed by atoms with Gasteiger partial charge in [0.25, 0.3) is 0 Å². The van der Waals surface area contributed by atoms with Crippen LogP contribution in [0, 0.1) is 0 Å². The third kappa shape index (κ3) is 1.11. The molecule has 1 saturated carbocycles. The van der Waals surface area contributed by atoms with Crippen molar-refractivity contribution >= 4 is 5.97 Å². The quantitative estimate of drug-likeness (QED) is 0.727. The molecule has 1 fully saturated rings. The van der Waals surface area contributed by atoms with Crippen LogP contribution in [0.4, 0.5) is 0 Å². The number of carbonyl (C=O) groups is 1. The van der Waals surface area contributed by atoms with Gasteiger partial charge in [0.1, 0.15) is 0 Å². The Labute approximate surface area is 70.6 Å². The molecule has 0 saturated heterocycles. The molecule has 1 aromatic rings. The van der Waals surface area contributed by atoms with Crippen molar-refractivity contribution in [3.63, 3.8) is 0 Å². The lowest BCUT2D eigenvalue weighted by Crippen LogP contribution is -2.15. The third-order valence-electron chi connectivity index (χ3n) is 2.46. The van der Waals surface area contributed by atoms with E-state index in [0.29, 0.717) is 11.6 Å². The molecule has 12 heavy (non-hydrogen) atoms. The van der Waals surface area contributed by atoms with E-state index in [-0.39, 0.29) is 0 Å². The van der Waals surface area contributed by atoms with Crippen LogP contribution in [-0.4, -0.2) is 15.6 Å². The average Bonchev–Trinajstić information content (AvgIpc) is 2.32. The molecule has 1 heterocycles. The van der Waals surface area contributed by atoms with Gasteiger partial charge in [0.15, 0.2) is 0 Å². The van der Waals surface area contributed by atoms with Crippen LogP contribution in [0.25, 0.3) is 0 Å². The predicted molar refractivity (Wildman–Crippen MR) is 44.3 cm³/mol. The monoisotopic (exact) mass is 165 g/mol. The fourth-order valence-corrected chi connectivity index (χ4v) is 1.45. The Balaban J connectivity index is 2.17. The Morgan fingerprint density at radius 2 is 2.33 bits per heavy atom. The minimum absolute atomic E-state index is 0.391. The number of carboxylic acid groups (broad SMARTS) is 1. The Morgan fingerprint density at radius 1 is 1.58 bits per heavy atom. The molecular weight excluding hydrogens is 154 g/mol. The molecule has 1 aliphatic rings. The molecule has 0 atom stereocenters. The van der Waals surface area contributed by atoms with Crippen molar-refractivity contribution in [1.29, 1.82) is 0 Å². The fourth-order valence-electron chi connectivity index (χ4n) is 1.45. The van der Waals surface area contributed by atoms with Gasteiger partial charge in [0.05, 0.1) is 5.56 Å². The summed E-state index contributed by atoms with van der Waals surface area (Å²) in [4.78, 5) is 10.5. The number of hydrogen-bond donors (Lipinski definition) is 1. The lowest BCUT2D eigenvalue weighted by molar-refractivity contribution is 0.0696. The van der Waals surface area contributed by atoms with E-state index in [1.807, 2.05) is 10.8 Å². The minimum atomic E-state index is -0.840. The van der Waals surface area contributed by atoms with Gasteiger partial charge < -0.3 is 9.67 Å². The summed E-state index contributed by atoms with van der Waals surface area (Å²) in [7, 11) is 0. The molecule has 0 bridgehead atoms. The fraction of sp³-hybridized carbons (Fsp3) is 0.444. The van der Waals surface area contributed by atoms with E-state index in [1.54, 1.807) is 12.3 Å². The lowest BCUT2D eigenvalue weighted by Gasteiger charge is -2.26. The SMILES string of the molecule is O=C(O)c1ccn(C2CCC2)c1. The maximum absolute atomic E-state index is 10.5. The van der Waals surface area contributed by atoms with Crippen molar-refractivity contribution in [2.75, 3.05) is 0 Å². The summed E-state index contributed by atoms with van der Waals surface area (Å²) in [6.07, 6.45) is 7.21. The average molecular weight is 165 g/mol. The van der Waals surface area contributed by atoms with Crippen molar-refractivity contribution < 1.29 is 9.90 Å². The normalized spacial score (nSPS) is 17.3. The number of aromatic nitrogens is 1. The highest BCUT2D eigenvalue weighted by Gasteiger charge is 2.19. The largest absolute Gasteiger partial charge is 0.478 e. The summed E-state index contributed by atoms with van der Waals surface area (Å²) in [6.45, 7) is 0. The molecule has 0 aromatic carbocycles. The van der Waals surface area contributed by atoms with Crippen LogP contribution in [0.1, 0.15) is 35.7 Å². The second kappa shape index (κ2) is 2.66. The van der Waals surface area contributed by atoms with E-state index in [4.69, 9.17) is 5.11 Å². The summed E-state index contributed by atoms with van der Waals surface area (Å²) in [5.41, 5.74) is 0.391. The van der Waals surface area contributed by atoms with Crippen LogP contribution in [0.15, 0.2) is 18.5 Å². The topological polar surface area (TPSA) is 42.2 Å². The number of hydrogen-bond acceptors (Lipinski definition) is 1. The van der Waals surface area contributed by atoms with Gasteiger partial charge in [-0.3, -0.25) is 0 Å². The highest BCUT2D eigenvalue weighted by molar-refractivity contribution is 5.87. The number of nitrogens with zero attached hydrogens (tertiary/aromatic N) is 1. The first-order valence-electron chi connectivity index (χ1n) is 4.18. The second-order valence-electron chi connectivity index (χ2n) is 3.24. The van der Waals surface area contributed by atoms with Crippen molar-refractivity contribution in [2.24, 2.45) is 0 Å². The molecule has 0 unspecified atom stereocenters. The lowest BCUT2D eigenvalue weighted by atomic mass is 9.93. The standard InChI is InChI=1S/C9H11NO2/c11-9(12)7-4-5-10(6-7)8-2-1-3-8/h4-6,8H,1-3H2,(H,11,12). The molecule has 1 aromatic heterocycles. The first-order valence-corrected chi connectivity index (χ1v) is 4.18. The maximum Gasteiger partial charge on any atom is 0.337 e. The zero-order valence-corrected chi connectivity index (χ0v) is 6.73. The smallest absolute Gasteiger partial charge is 0.337 e. The second-order valence-corrected chi connectivity index (χ2v) is 3.24. The Bertz CT molecular complexity index is 299. The van der Waals surface area contributed by atoms with E-state index in [1.165, 1.54) is 19.3 Å². The maximum atomic E-state index is 10.5. The van der Waals surface area contributed by atoms with Gasteiger partial charge in [-0.15, -0.1) is 0 Å². The number of aromatic carboxylic acids is 1. The molecule has 0 spiro atoms. The zero-order valence-electron chi connectivity index (χ0n) is 6.73. The highest BCUT2D eigenvalue weighted by Crippen LogP contribution is 2.31. The van der Waals surface area contributed by atoms with Gasteiger partial charge >= 0.3 is 5.97 Å². The van der Waals surface area contributed by atoms with Crippen LogP contribution in [0.2, 0.25) is 0 Å². The molecule has 64 valence electrons. The van der Waals surface area contributed by atoms with Crippen LogP contribution >= 0.6 is 0 Å². The van der Waals surface area contributed by atoms with Gasteiger partial charge in [-0.2, -0.15) is 0 Å². The summed E-state index contributed by atoms with van der Waals surface area (Å²) in [5.74, 6) is -0.840. The number of rotatable bonds is 2. The van der Waals surface area contributed by atoms with Crippen molar-refractivity contribution in [2.45, 2.75) is 25.3 Å². The number of carboxylic acids is 1. The van der Waals surface area contributed by atoms with Crippen LogP contribution < -0.4 is 0 Å². The van der Waals surface area contributed by atoms with Gasteiger partial charge in [-0.25, -0.2) is 4.79 Å². The van der Waals surface area contributed by atoms with Crippen LogP contribution in [0.5, 0.6) is 0 Å². The molecule has 1 aliphatic carbocycles. The molecule has 3 heteroatoms. The van der Waals surface area contributed by atoms with Crippen molar-refractivity contribution in [1.82, 2.24) is 4.57 Å². The van der Waals surface area contributed by atoms with Crippen LogP contribution in [0.3, 0.4) is 0 Å². The summed E-state index contributed by atoms with van der Waals surface area (Å²) in [6, 6.07) is 2.21.